The van der Waals surface area contributed by atoms with E-state index < -0.39 is 0 Å². The second-order valence-corrected chi connectivity index (χ2v) is 6.44. The molecule has 0 aliphatic carbocycles. The zero-order chi connectivity index (χ0) is 16.9. The van der Waals surface area contributed by atoms with Gasteiger partial charge in [-0.25, -0.2) is 0 Å². The fourth-order valence-corrected chi connectivity index (χ4v) is 3.18. The van der Waals surface area contributed by atoms with Crippen molar-refractivity contribution in [1.29, 1.82) is 0 Å². The fraction of sp³-hybridized carbons (Fsp3) is 0.273. The van der Waals surface area contributed by atoms with Gasteiger partial charge in [0.1, 0.15) is 5.75 Å². The average molecular weight is 319 g/mol. The molecule has 24 heavy (non-hydrogen) atoms. The highest BCUT2D eigenvalue weighted by Crippen LogP contribution is 2.25. The second-order valence-electron chi connectivity index (χ2n) is 6.44. The van der Waals surface area contributed by atoms with Crippen molar-refractivity contribution in [3.05, 3.63) is 77.4 Å². The Kier molecular flexibility index (Phi) is 5.17. The Labute approximate surface area is 144 Å². The zero-order valence-electron chi connectivity index (χ0n) is 14.5. The maximum atomic E-state index is 6.02. The number of ether oxygens (including phenoxy) is 1. The number of benzene rings is 3. The van der Waals surface area contributed by atoms with Crippen LogP contribution in [-0.4, -0.2) is 13.2 Å². The van der Waals surface area contributed by atoms with Gasteiger partial charge in [-0.2, -0.15) is 0 Å². The molecule has 2 N–H and O–H groups in total. The van der Waals surface area contributed by atoms with E-state index in [0.29, 0.717) is 19.1 Å². The molecule has 0 aromatic heterocycles. The SMILES string of the molecule is Cc1ccc(C)c(C(CN)CCOc2ccc3ccccc3c2)c1. The summed E-state index contributed by atoms with van der Waals surface area (Å²) in [5.74, 6) is 1.26. The first-order valence-electron chi connectivity index (χ1n) is 8.56. The Bertz CT molecular complexity index is 825. The predicted molar refractivity (Wildman–Crippen MR) is 102 cm³/mol. The number of rotatable bonds is 6. The van der Waals surface area contributed by atoms with Crippen molar-refractivity contribution in [2.45, 2.75) is 26.2 Å². The maximum Gasteiger partial charge on any atom is 0.119 e. The second kappa shape index (κ2) is 7.50. The van der Waals surface area contributed by atoms with Crippen molar-refractivity contribution < 1.29 is 4.74 Å². The predicted octanol–water partition coefficient (Wildman–Crippen LogP) is 4.97. The van der Waals surface area contributed by atoms with E-state index in [1.807, 2.05) is 6.07 Å². The molecule has 0 aliphatic heterocycles. The molecule has 1 atom stereocenters. The fourth-order valence-electron chi connectivity index (χ4n) is 3.18. The number of aryl methyl sites for hydroxylation is 2. The highest BCUT2D eigenvalue weighted by Gasteiger charge is 2.13. The molecule has 0 saturated heterocycles. The third-order valence-corrected chi connectivity index (χ3v) is 4.62. The maximum absolute atomic E-state index is 6.02. The molecular formula is C22H25NO. The molecule has 3 aromatic rings. The van der Waals surface area contributed by atoms with Crippen LogP contribution < -0.4 is 10.5 Å². The van der Waals surface area contributed by atoms with Crippen molar-refractivity contribution in [2.24, 2.45) is 5.73 Å². The third kappa shape index (κ3) is 3.77. The van der Waals surface area contributed by atoms with Crippen LogP contribution in [-0.2, 0) is 0 Å². The monoisotopic (exact) mass is 319 g/mol. The molecule has 0 aliphatic rings. The van der Waals surface area contributed by atoms with E-state index in [1.165, 1.54) is 27.5 Å². The smallest absolute Gasteiger partial charge is 0.119 e. The van der Waals surface area contributed by atoms with Crippen LogP contribution >= 0.6 is 0 Å². The Morgan fingerprint density at radius 2 is 1.71 bits per heavy atom. The summed E-state index contributed by atoms with van der Waals surface area (Å²) >= 11 is 0. The van der Waals surface area contributed by atoms with E-state index in [2.05, 4.69) is 68.4 Å². The summed E-state index contributed by atoms with van der Waals surface area (Å²) < 4.78 is 5.98. The van der Waals surface area contributed by atoms with Crippen LogP contribution in [0.15, 0.2) is 60.7 Å². The molecule has 1 unspecified atom stereocenters. The van der Waals surface area contributed by atoms with E-state index in [0.717, 1.165) is 12.2 Å². The zero-order valence-corrected chi connectivity index (χ0v) is 14.5. The summed E-state index contributed by atoms with van der Waals surface area (Å²) in [6, 6.07) is 21.2. The third-order valence-electron chi connectivity index (χ3n) is 4.62. The molecule has 0 bridgehead atoms. The van der Waals surface area contributed by atoms with Crippen LogP contribution in [0.2, 0.25) is 0 Å². The molecule has 124 valence electrons. The Morgan fingerprint density at radius 3 is 2.50 bits per heavy atom. The Hall–Kier alpha value is -2.32. The molecule has 0 amide bonds. The molecule has 0 fully saturated rings. The summed E-state index contributed by atoms with van der Waals surface area (Å²) in [5, 5.41) is 2.44. The van der Waals surface area contributed by atoms with Gasteiger partial charge < -0.3 is 10.5 Å². The van der Waals surface area contributed by atoms with Crippen LogP contribution in [0.3, 0.4) is 0 Å². The summed E-state index contributed by atoms with van der Waals surface area (Å²) in [4.78, 5) is 0. The average Bonchev–Trinajstić information content (AvgIpc) is 2.61. The molecule has 0 heterocycles. The van der Waals surface area contributed by atoms with Gasteiger partial charge in [0.25, 0.3) is 0 Å². The highest BCUT2D eigenvalue weighted by molar-refractivity contribution is 5.83. The highest BCUT2D eigenvalue weighted by atomic mass is 16.5. The van der Waals surface area contributed by atoms with Gasteiger partial charge in [0.2, 0.25) is 0 Å². The molecular weight excluding hydrogens is 294 g/mol. The summed E-state index contributed by atoms with van der Waals surface area (Å²) in [5.41, 5.74) is 9.96. The van der Waals surface area contributed by atoms with Crippen LogP contribution in [0.25, 0.3) is 10.8 Å². The lowest BCUT2D eigenvalue weighted by molar-refractivity contribution is 0.298. The van der Waals surface area contributed by atoms with Crippen LogP contribution in [0.1, 0.15) is 29.0 Å². The molecule has 0 radical (unpaired) electrons. The van der Waals surface area contributed by atoms with E-state index in [-0.39, 0.29) is 0 Å². The van der Waals surface area contributed by atoms with Crippen molar-refractivity contribution >= 4 is 10.8 Å². The summed E-state index contributed by atoms with van der Waals surface area (Å²) in [7, 11) is 0. The van der Waals surface area contributed by atoms with E-state index in [1.54, 1.807) is 0 Å². The van der Waals surface area contributed by atoms with Crippen LogP contribution in [0.5, 0.6) is 5.75 Å². The van der Waals surface area contributed by atoms with Crippen molar-refractivity contribution in [3.63, 3.8) is 0 Å². The molecule has 3 rings (SSSR count). The van der Waals surface area contributed by atoms with Gasteiger partial charge in [-0.15, -0.1) is 0 Å². The molecule has 3 aromatic carbocycles. The van der Waals surface area contributed by atoms with E-state index >= 15 is 0 Å². The van der Waals surface area contributed by atoms with Gasteiger partial charge in [-0.1, -0.05) is 54.1 Å². The van der Waals surface area contributed by atoms with Crippen molar-refractivity contribution in [2.75, 3.05) is 13.2 Å². The molecule has 2 heteroatoms. The topological polar surface area (TPSA) is 35.2 Å². The van der Waals surface area contributed by atoms with Crippen molar-refractivity contribution in [1.82, 2.24) is 0 Å². The van der Waals surface area contributed by atoms with Gasteiger partial charge in [0, 0.05) is 0 Å². The minimum atomic E-state index is 0.338. The molecule has 0 saturated carbocycles. The standard InChI is InChI=1S/C22H25NO/c1-16-7-8-17(2)22(13-16)20(15-23)11-12-24-21-10-9-18-5-3-4-6-19(18)14-21/h3-10,13-14,20H,11-12,15,23H2,1-2H3. The largest absolute Gasteiger partial charge is 0.494 e. The van der Waals surface area contributed by atoms with Crippen LogP contribution in [0, 0.1) is 13.8 Å². The van der Waals surface area contributed by atoms with Crippen molar-refractivity contribution in [3.8, 4) is 5.75 Å². The molecule has 2 nitrogen and oxygen atoms in total. The normalized spacial score (nSPS) is 12.3. The number of nitrogens with two attached hydrogens (primary N) is 1. The Morgan fingerprint density at radius 1 is 0.917 bits per heavy atom. The van der Waals surface area contributed by atoms with E-state index in [9.17, 15) is 0 Å². The summed E-state index contributed by atoms with van der Waals surface area (Å²) in [6.45, 7) is 5.60. The first-order chi connectivity index (χ1) is 11.7. The lowest BCUT2D eigenvalue weighted by Gasteiger charge is -2.18. The quantitative estimate of drug-likeness (QED) is 0.696. The van der Waals surface area contributed by atoms with E-state index in [4.69, 9.17) is 10.5 Å². The first kappa shape index (κ1) is 16.5. The van der Waals surface area contributed by atoms with Gasteiger partial charge >= 0.3 is 0 Å². The lowest BCUT2D eigenvalue weighted by Crippen LogP contribution is -2.16. The molecule has 0 spiro atoms. The van der Waals surface area contributed by atoms with Crippen LogP contribution in [0.4, 0.5) is 0 Å². The number of fused-ring (bicyclic) bond motifs is 1. The van der Waals surface area contributed by atoms with Gasteiger partial charge in [0.05, 0.1) is 6.61 Å². The first-order valence-corrected chi connectivity index (χ1v) is 8.56. The number of hydrogen-bond acceptors (Lipinski definition) is 2. The lowest BCUT2D eigenvalue weighted by atomic mass is 9.91. The minimum absolute atomic E-state index is 0.338. The summed E-state index contributed by atoms with van der Waals surface area (Å²) in [6.07, 6.45) is 0.924. The van der Waals surface area contributed by atoms with Gasteiger partial charge in [0.15, 0.2) is 0 Å². The van der Waals surface area contributed by atoms with Gasteiger partial charge in [-0.05, 0) is 66.8 Å². The van der Waals surface area contributed by atoms with Gasteiger partial charge in [-0.3, -0.25) is 0 Å². The Balaban J connectivity index is 1.66. The minimum Gasteiger partial charge on any atom is -0.494 e. The number of hydrogen-bond donors (Lipinski definition) is 1.